The maximum atomic E-state index is 11.8. The van der Waals surface area contributed by atoms with Crippen molar-refractivity contribution in [1.82, 2.24) is 15.0 Å². The van der Waals surface area contributed by atoms with Crippen molar-refractivity contribution >= 4 is 96.9 Å². The Morgan fingerprint density at radius 1 is 0.673 bits per heavy atom. The average molecular weight is 870 g/mol. The number of pyridine rings is 1. The van der Waals surface area contributed by atoms with E-state index < -0.39 is 11.9 Å². The van der Waals surface area contributed by atoms with Crippen LogP contribution in [0.25, 0.3) is 54.8 Å². The summed E-state index contributed by atoms with van der Waals surface area (Å²) in [6, 6.07) is 25.1. The lowest BCUT2D eigenvalue weighted by atomic mass is 9.99. The van der Waals surface area contributed by atoms with Gasteiger partial charge in [0.05, 0.1) is 49.7 Å². The second-order valence-corrected chi connectivity index (χ2v) is 15.0. The second-order valence-electron chi connectivity index (χ2n) is 10.8. The highest BCUT2D eigenvalue weighted by atomic mass is 79.9. The molecule has 3 heterocycles. The molecule has 0 amide bonds. The first kappa shape index (κ1) is 37.6. The molecule has 7 aromatic rings. The highest BCUT2D eigenvalue weighted by Crippen LogP contribution is 2.36. The van der Waals surface area contributed by atoms with Gasteiger partial charge in [0.25, 0.3) is 0 Å². The summed E-state index contributed by atoms with van der Waals surface area (Å²) in [6.07, 6.45) is 3.30. The lowest BCUT2D eigenvalue weighted by Gasteiger charge is -2.08. The van der Waals surface area contributed by atoms with E-state index in [4.69, 9.17) is 51.1 Å². The molecule has 0 unspecified atom stereocenters. The highest BCUT2D eigenvalue weighted by Gasteiger charge is 2.17. The van der Waals surface area contributed by atoms with Crippen LogP contribution in [0.15, 0.2) is 113 Å². The summed E-state index contributed by atoms with van der Waals surface area (Å²) in [5.74, 6) is -1.40. The van der Waals surface area contributed by atoms with Crippen LogP contribution in [0.5, 0.6) is 0 Å². The van der Waals surface area contributed by atoms with E-state index in [-0.39, 0.29) is 5.56 Å². The third kappa shape index (κ3) is 8.56. The van der Waals surface area contributed by atoms with Gasteiger partial charge in [-0.05, 0) is 70.0 Å². The zero-order valence-electron chi connectivity index (χ0n) is 26.6. The molecule has 52 heavy (non-hydrogen) atoms. The number of rotatable bonds is 7. The van der Waals surface area contributed by atoms with Gasteiger partial charge in [-0.2, -0.15) is 0 Å². The van der Waals surface area contributed by atoms with Gasteiger partial charge in [0.1, 0.15) is 10.0 Å². The molecule has 260 valence electrons. The molecule has 7 nitrogen and oxygen atoms in total. The van der Waals surface area contributed by atoms with Crippen molar-refractivity contribution in [1.29, 1.82) is 0 Å². The molecule has 4 aromatic carbocycles. The molecule has 14 heteroatoms. The van der Waals surface area contributed by atoms with Gasteiger partial charge in [-0.25, -0.2) is 19.6 Å². The van der Waals surface area contributed by atoms with E-state index in [2.05, 4.69) is 30.9 Å². The molecule has 0 bridgehead atoms. The Kier molecular flexibility index (Phi) is 12.1. The zero-order valence-corrected chi connectivity index (χ0v) is 32.9. The Labute approximate surface area is 334 Å². The minimum absolute atomic E-state index is 0.205. The Balaban J connectivity index is 0.000000181. The van der Waals surface area contributed by atoms with Crippen LogP contribution in [0.4, 0.5) is 0 Å². The van der Waals surface area contributed by atoms with Gasteiger partial charge in [0.15, 0.2) is 0 Å². The molecular formula is C38H22BrCl4N3O4S2. The van der Waals surface area contributed by atoms with Crippen molar-refractivity contribution < 1.29 is 19.4 Å². The van der Waals surface area contributed by atoms with Crippen molar-refractivity contribution in [2.24, 2.45) is 0 Å². The standard InChI is InChI=1S/C21H12Cl2N2O2S.C17H10BrCl2NO2S/c22-17-6-4-12(9-18(17)23)19-11-28-20(25-19)13-3-5-15(16(8-13)21(26)27)14-2-1-7-24-10-14;1-23-17(22)11-6-10(2-4-12(11)18)16-21-15(8-24-16)9-3-5-13(19)14(20)7-9/h1-11H,(H,26,27);2-8H,1H3. The smallest absolute Gasteiger partial charge is 0.339 e. The fourth-order valence-corrected chi connectivity index (χ4v) is 7.60. The zero-order chi connectivity index (χ0) is 36.9. The molecule has 0 saturated carbocycles. The fraction of sp³-hybridized carbons (Fsp3) is 0.0263. The van der Waals surface area contributed by atoms with E-state index in [1.54, 1.807) is 60.9 Å². The van der Waals surface area contributed by atoms with E-state index in [0.29, 0.717) is 35.7 Å². The van der Waals surface area contributed by atoms with Gasteiger partial charge in [0, 0.05) is 55.4 Å². The molecule has 0 saturated heterocycles. The van der Waals surface area contributed by atoms with Crippen molar-refractivity contribution in [2.75, 3.05) is 7.11 Å². The summed E-state index contributed by atoms with van der Waals surface area (Å²) in [7, 11) is 1.35. The number of hydrogen-bond donors (Lipinski definition) is 1. The van der Waals surface area contributed by atoms with Crippen LogP contribution in [-0.4, -0.2) is 39.1 Å². The Morgan fingerprint density at radius 2 is 1.21 bits per heavy atom. The lowest BCUT2D eigenvalue weighted by Crippen LogP contribution is -2.02. The summed E-state index contributed by atoms with van der Waals surface area (Å²) in [6.45, 7) is 0. The number of esters is 1. The predicted molar refractivity (Wildman–Crippen MR) is 215 cm³/mol. The number of carbonyl (C=O) groups excluding carboxylic acids is 1. The predicted octanol–water partition coefficient (Wildman–Crippen LogP) is 12.9. The number of aromatic carboxylic acids is 1. The molecule has 0 atom stereocenters. The lowest BCUT2D eigenvalue weighted by molar-refractivity contribution is 0.0598. The first-order chi connectivity index (χ1) is 25.0. The van der Waals surface area contributed by atoms with E-state index in [0.717, 1.165) is 49.2 Å². The number of hydrogen-bond acceptors (Lipinski definition) is 8. The quantitative estimate of drug-likeness (QED) is 0.159. The summed E-state index contributed by atoms with van der Waals surface area (Å²) >= 11 is 30.4. The van der Waals surface area contributed by atoms with Crippen LogP contribution in [0.1, 0.15) is 20.7 Å². The van der Waals surface area contributed by atoms with Crippen LogP contribution in [-0.2, 0) is 4.74 Å². The Bertz CT molecular complexity index is 2440. The third-order valence-electron chi connectivity index (χ3n) is 7.53. The number of carbonyl (C=O) groups is 2. The largest absolute Gasteiger partial charge is 0.478 e. The average Bonchev–Trinajstić information content (AvgIpc) is 3.86. The Hall–Kier alpha value is -4.13. The monoisotopic (exact) mass is 867 g/mol. The van der Waals surface area contributed by atoms with E-state index in [9.17, 15) is 14.7 Å². The number of carboxylic acid groups (broad SMARTS) is 1. The number of nitrogens with zero attached hydrogens (tertiary/aromatic N) is 3. The molecule has 7 rings (SSSR count). The number of aromatic nitrogens is 3. The van der Waals surface area contributed by atoms with Crippen molar-refractivity contribution in [2.45, 2.75) is 0 Å². The van der Waals surface area contributed by atoms with Gasteiger partial charge < -0.3 is 9.84 Å². The number of ether oxygens (including phenoxy) is 1. The van der Waals surface area contributed by atoms with Crippen LogP contribution < -0.4 is 0 Å². The molecule has 0 radical (unpaired) electrons. The van der Waals surface area contributed by atoms with E-state index >= 15 is 0 Å². The second kappa shape index (κ2) is 16.7. The van der Waals surface area contributed by atoms with Gasteiger partial charge in [0.2, 0.25) is 0 Å². The molecule has 0 spiro atoms. The number of benzene rings is 4. The van der Waals surface area contributed by atoms with E-state index in [1.807, 2.05) is 47.2 Å². The SMILES string of the molecule is COC(=O)c1cc(-c2nc(-c3ccc(Cl)c(Cl)c3)cs2)ccc1Br.O=C(O)c1cc(-c2nc(-c3ccc(Cl)c(Cl)c3)cs2)ccc1-c1cccnc1. The first-order valence-corrected chi connectivity index (χ1v) is 19.1. The van der Waals surface area contributed by atoms with Crippen LogP contribution >= 0.6 is 85.0 Å². The highest BCUT2D eigenvalue weighted by molar-refractivity contribution is 9.10. The molecule has 1 N–H and O–H groups in total. The summed E-state index contributed by atoms with van der Waals surface area (Å²) < 4.78 is 5.47. The number of halogens is 5. The fourth-order valence-electron chi connectivity index (χ4n) is 4.94. The van der Waals surface area contributed by atoms with Crippen LogP contribution in [0.2, 0.25) is 20.1 Å². The van der Waals surface area contributed by atoms with E-state index in [1.165, 1.54) is 29.8 Å². The first-order valence-electron chi connectivity index (χ1n) is 15.0. The van der Waals surface area contributed by atoms with Gasteiger partial charge in [-0.1, -0.05) is 82.8 Å². The van der Waals surface area contributed by atoms with Crippen molar-refractivity contribution in [3.63, 3.8) is 0 Å². The van der Waals surface area contributed by atoms with Crippen molar-refractivity contribution in [3.05, 3.63) is 144 Å². The topological polar surface area (TPSA) is 102 Å². The normalized spacial score (nSPS) is 10.7. The van der Waals surface area contributed by atoms with Crippen molar-refractivity contribution in [3.8, 4) is 54.8 Å². The number of methoxy groups -OCH3 is 1. The number of carboxylic acids is 1. The number of thiazole rings is 2. The molecule has 0 aliphatic carbocycles. The molecule has 0 aliphatic heterocycles. The molecule has 0 fully saturated rings. The summed E-state index contributed by atoms with van der Waals surface area (Å²) in [4.78, 5) is 37.0. The van der Waals surface area contributed by atoms with Crippen LogP contribution in [0, 0.1) is 0 Å². The molecular weight excluding hydrogens is 848 g/mol. The van der Waals surface area contributed by atoms with Gasteiger partial charge >= 0.3 is 11.9 Å². The minimum atomic E-state index is -0.998. The summed E-state index contributed by atoms with van der Waals surface area (Å²) in [5.41, 5.74) is 6.91. The minimum Gasteiger partial charge on any atom is -0.478 e. The third-order valence-corrected chi connectivity index (χ3v) is 11.5. The van der Waals surface area contributed by atoms with Gasteiger partial charge in [-0.3, -0.25) is 4.98 Å². The molecule has 3 aromatic heterocycles. The summed E-state index contributed by atoms with van der Waals surface area (Å²) in [5, 5.41) is 17.0. The van der Waals surface area contributed by atoms with Crippen LogP contribution in [0.3, 0.4) is 0 Å². The maximum absolute atomic E-state index is 11.8. The Morgan fingerprint density at radius 3 is 1.71 bits per heavy atom. The maximum Gasteiger partial charge on any atom is 0.339 e. The molecule has 0 aliphatic rings. The van der Waals surface area contributed by atoms with Gasteiger partial charge in [-0.15, -0.1) is 22.7 Å².